The molecule has 0 saturated heterocycles. The smallest absolute Gasteiger partial charge is 0.312 e. The highest BCUT2D eigenvalue weighted by atomic mass is 32.1. The number of carbonyl (C=O) groups excluding carboxylic acids is 2. The predicted octanol–water partition coefficient (Wildman–Crippen LogP) is 2.33. The number of nitrogens with one attached hydrogen (secondary N) is 1. The van der Waals surface area contributed by atoms with Crippen LogP contribution in [0.5, 0.6) is 0 Å². The van der Waals surface area contributed by atoms with Gasteiger partial charge in [0.05, 0.1) is 6.42 Å². The molecule has 0 aliphatic rings. The molecule has 0 aliphatic heterocycles. The van der Waals surface area contributed by atoms with E-state index in [1.807, 2.05) is 35.7 Å². The van der Waals surface area contributed by atoms with Crippen molar-refractivity contribution in [3.63, 3.8) is 0 Å². The number of fused-ring (bicyclic) bond motifs is 1. The van der Waals surface area contributed by atoms with E-state index in [0.29, 0.717) is 17.8 Å². The Bertz CT molecular complexity index is 826. The molecule has 6 nitrogen and oxygen atoms in total. The van der Waals surface area contributed by atoms with E-state index in [1.54, 1.807) is 17.4 Å². The van der Waals surface area contributed by atoms with Crippen LogP contribution in [0.25, 0.3) is 11.0 Å². The second kappa shape index (κ2) is 7.74. The van der Waals surface area contributed by atoms with Crippen LogP contribution < -0.4 is 5.32 Å². The fraction of sp³-hybridized carbons (Fsp3) is 0.235. The summed E-state index contributed by atoms with van der Waals surface area (Å²) in [7, 11) is 0. The largest absolute Gasteiger partial charge is 0.455 e. The zero-order valence-corrected chi connectivity index (χ0v) is 13.7. The van der Waals surface area contributed by atoms with E-state index in [0.717, 1.165) is 11.8 Å². The molecule has 124 valence electrons. The lowest BCUT2D eigenvalue weighted by atomic mass is 10.2. The molecule has 2 aromatic heterocycles. The SMILES string of the molecule is O=C(COC(=O)Cc1noc2ccccc12)NCCc1cccs1. The van der Waals surface area contributed by atoms with Gasteiger partial charge in [0.15, 0.2) is 12.2 Å². The molecule has 3 rings (SSSR count). The summed E-state index contributed by atoms with van der Waals surface area (Å²) >= 11 is 1.64. The van der Waals surface area contributed by atoms with Gasteiger partial charge in [-0.25, -0.2) is 0 Å². The van der Waals surface area contributed by atoms with E-state index in [-0.39, 0.29) is 18.9 Å². The third-order valence-corrected chi connectivity index (χ3v) is 4.34. The number of hydrogen-bond acceptors (Lipinski definition) is 6. The lowest BCUT2D eigenvalue weighted by Gasteiger charge is -2.05. The number of carbonyl (C=O) groups is 2. The Kier molecular flexibility index (Phi) is 5.22. The molecule has 3 aromatic rings. The Morgan fingerprint density at radius 2 is 2.08 bits per heavy atom. The first-order valence-electron chi connectivity index (χ1n) is 7.50. The Morgan fingerprint density at radius 3 is 2.92 bits per heavy atom. The average Bonchev–Trinajstić information content (AvgIpc) is 3.23. The van der Waals surface area contributed by atoms with Gasteiger partial charge < -0.3 is 14.6 Å². The molecule has 1 amide bonds. The van der Waals surface area contributed by atoms with Crippen molar-refractivity contribution < 1.29 is 18.8 Å². The number of benzene rings is 1. The number of ether oxygens (including phenoxy) is 1. The number of hydrogen-bond donors (Lipinski definition) is 1. The quantitative estimate of drug-likeness (QED) is 0.665. The highest BCUT2D eigenvalue weighted by Crippen LogP contribution is 2.18. The number of thiophene rings is 1. The molecule has 7 heteroatoms. The van der Waals surface area contributed by atoms with E-state index >= 15 is 0 Å². The molecule has 0 radical (unpaired) electrons. The molecule has 24 heavy (non-hydrogen) atoms. The van der Waals surface area contributed by atoms with E-state index in [4.69, 9.17) is 9.26 Å². The van der Waals surface area contributed by atoms with Crippen molar-refractivity contribution in [1.82, 2.24) is 10.5 Å². The first kappa shape index (κ1) is 16.2. The maximum atomic E-state index is 11.8. The van der Waals surface area contributed by atoms with Gasteiger partial charge in [0.2, 0.25) is 0 Å². The van der Waals surface area contributed by atoms with Crippen molar-refractivity contribution in [1.29, 1.82) is 0 Å². The number of amides is 1. The third-order valence-electron chi connectivity index (χ3n) is 3.40. The summed E-state index contributed by atoms with van der Waals surface area (Å²) in [6, 6.07) is 11.3. The highest BCUT2D eigenvalue weighted by molar-refractivity contribution is 7.09. The monoisotopic (exact) mass is 344 g/mol. The normalized spacial score (nSPS) is 10.7. The molecule has 1 aromatic carbocycles. The van der Waals surface area contributed by atoms with Crippen LogP contribution in [-0.2, 0) is 27.2 Å². The van der Waals surface area contributed by atoms with Gasteiger partial charge in [0, 0.05) is 16.8 Å². The minimum atomic E-state index is -0.512. The van der Waals surface area contributed by atoms with Crippen molar-refractivity contribution in [2.75, 3.05) is 13.2 Å². The van der Waals surface area contributed by atoms with E-state index in [1.165, 1.54) is 4.88 Å². The van der Waals surface area contributed by atoms with Gasteiger partial charge in [-0.05, 0) is 30.0 Å². The number of aromatic nitrogens is 1. The molecule has 1 N–H and O–H groups in total. The van der Waals surface area contributed by atoms with Crippen molar-refractivity contribution in [2.45, 2.75) is 12.8 Å². The van der Waals surface area contributed by atoms with Crippen molar-refractivity contribution in [3.8, 4) is 0 Å². The van der Waals surface area contributed by atoms with Gasteiger partial charge in [-0.2, -0.15) is 0 Å². The summed E-state index contributed by atoms with van der Waals surface area (Å²) in [4.78, 5) is 24.7. The zero-order chi connectivity index (χ0) is 16.8. The van der Waals surface area contributed by atoms with Gasteiger partial charge in [-0.3, -0.25) is 9.59 Å². The topological polar surface area (TPSA) is 81.4 Å². The third kappa shape index (κ3) is 4.20. The zero-order valence-electron chi connectivity index (χ0n) is 12.9. The Morgan fingerprint density at radius 1 is 1.21 bits per heavy atom. The van der Waals surface area contributed by atoms with Gasteiger partial charge >= 0.3 is 5.97 Å². The van der Waals surface area contributed by atoms with Crippen LogP contribution in [0.3, 0.4) is 0 Å². The molecular weight excluding hydrogens is 328 g/mol. The first-order chi connectivity index (χ1) is 11.7. The molecule has 0 saturated carbocycles. The number of esters is 1. The molecule has 0 bridgehead atoms. The lowest BCUT2D eigenvalue weighted by molar-refractivity contribution is -0.147. The van der Waals surface area contributed by atoms with Crippen molar-refractivity contribution in [2.24, 2.45) is 0 Å². The molecule has 2 heterocycles. The minimum absolute atomic E-state index is 0.0283. The summed E-state index contributed by atoms with van der Waals surface area (Å²) in [5.41, 5.74) is 1.13. The summed E-state index contributed by atoms with van der Waals surface area (Å²) in [6.45, 7) is 0.226. The standard InChI is InChI=1S/C17H16N2O4S/c20-16(18-8-7-12-4-3-9-24-12)11-22-17(21)10-14-13-5-1-2-6-15(13)23-19-14/h1-6,9H,7-8,10-11H2,(H,18,20). The Labute approximate surface area is 142 Å². The fourth-order valence-corrected chi connectivity index (χ4v) is 2.94. The van der Waals surface area contributed by atoms with E-state index in [2.05, 4.69) is 10.5 Å². The van der Waals surface area contributed by atoms with Crippen LogP contribution in [0, 0.1) is 0 Å². The molecule has 0 aliphatic carbocycles. The number of para-hydroxylation sites is 1. The van der Waals surface area contributed by atoms with Crippen LogP contribution in [0.1, 0.15) is 10.6 Å². The minimum Gasteiger partial charge on any atom is -0.455 e. The fourth-order valence-electron chi connectivity index (χ4n) is 2.23. The van der Waals surface area contributed by atoms with E-state index in [9.17, 15) is 9.59 Å². The Balaban J connectivity index is 1.41. The van der Waals surface area contributed by atoms with E-state index < -0.39 is 5.97 Å². The summed E-state index contributed by atoms with van der Waals surface area (Å²) in [5.74, 6) is -0.827. The van der Waals surface area contributed by atoms with Gasteiger partial charge in [-0.15, -0.1) is 11.3 Å². The molecular formula is C17H16N2O4S. The van der Waals surface area contributed by atoms with Crippen LogP contribution in [-0.4, -0.2) is 30.2 Å². The maximum absolute atomic E-state index is 11.8. The van der Waals surface area contributed by atoms with Gasteiger partial charge in [-0.1, -0.05) is 23.4 Å². The van der Waals surface area contributed by atoms with Crippen LogP contribution >= 0.6 is 11.3 Å². The summed E-state index contributed by atoms with van der Waals surface area (Å²) in [5, 5.41) is 9.35. The summed E-state index contributed by atoms with van der Waals surface area (Å²) in [6.07, 6.45) is 0.738. The van der Waals surface area contributed by atoms with Crippen molar-refractivity contribution >= 4 is 34.2 Å². The summed E-state index contributed by atoms with van der Waals surface area (Å²) < 4.78 is 10.1. The average molecular weight is 344 g/mol. The molecule has 0 spiro atoms. The number of nitrogens with zero attached hydrogens (tertiary/aromatic N) is 1. The Hall–Kier alpha value is -2.67. The second-order valence-corrected chi connectivity index (χ2v) is 6.17. The lowest BCUT2D eigenvalue weighted by Crippen LogP contribution is -2.30. The maximum Gasteiger partial charge on any atom is 0.312 e. The highest BCUT2D eigenvalue weighted by Gasteiger charge is 2.14. The van der Waals surface area contributed by atoms with Crippen LogP contribution in [0.4, 0.5) is 0 Å². The van der Waals surface area contributed by atoms with Crippen LogP contribution in [0.2, 0.25) is 0 Å². The second-order valence-electron chi connectivity index (χ2n) is 5.14. The van der Waals surface area contributed by atoms with Crippen molar-refractivity contribution in [3.05, 3.63) is 52.3 Å². The van der Waals surface area contributed by atoms with Gasteiger partial charge in [0.25, 0.3) is 5.91 Å². The number of rotatable bonds is 7. The first-order valence-corrected chi connectivity index (χ1v) is 8.38. The molecule has 0 atom stereocenters. The molecule has 0 fully saturated rings. The van der Waals surface area contributed by atoms with Crippen LogP contribution in [0.15, 0.2) is 46.3 Å². The predicted molar refractivity (Wildman–Crippen MR) is 89.7 cm³/mol. The molecule has 0 unspecified atom stereocenters. The van der Waals surface area contributed by atoms with Gasteiger partial charge in [0.1, 0.15) is 5.69 Å².